The van der Waals surface area contributed by atoms with E-state index in [0.29, 0.717) is 19.6 Å². The Balaban J connectivity index is 2.28. The Labute approximate surface area is 83.7 Å². The minimum atomic E-state index is 0.112. The molecule has 0 aliphatic heterocycles. The van der Waals surface area contributed by atoms with Crippen molar-refractivity contribution in [2.45, 2.75) is 32.9 Å². The van der Waals surface area contributed by atoms with Crippen LogP contribution in [0.25, 0.3) is 0 Å². The number of ether oxygens (including phenoxy) is 1. The molecule has 1 aromatic heterocycles. The van der Waals surface area contributed by atoms with Gasteiger partial charge in [0.25, 0.3) is 0 Å². The maximum Gasteiger partial charge on any atom is 0.0849 e. The normalized spacial score (nSPS) is 11.1. The van der Waals surface area contributed by atoms with Gasteiger partial charge in [-0.3, -0.25) is 0 Å². The van der Waals surface area contributed by atoms with Crippen molar-refractivity contribution in [3.8, 4) is 0 Å². The fraction of sp³-hybridized carbons (Fsp3) is 0.778. The zero-order valence-electron chi connectivity index (χ0n) is 8.68. The number of hydrogen-bond donors (Lipinski definition) is 1. The van der Waals surface area contributed by atoms with Gasteiger partial charge < -0.3 is 9.84 Å². The molecule has 1 rings (SSSR count). The molecule has 0 fully saturated rings. The summed E-state index contributed by atoms with van der Waals surface area (Å²) in [6.45, 7) is 5.45. The number of aliphatic hydroxyl groups is 1. The first-order valence-electron chi connectivity index (χ1n) is 4.84. The van der Waals surface area contributed by atoms with Crippen molar-refractivity contribution in [1.29, 1.82) is 0 Å². The fourth-order valence-corrected chi connectivity index (χ4v) is 1.06. The molecule has 0 radical (unpaired) electrons. The lowest BCUT2D eigenvalue weighted by atomic mass is 10.3. The number of hydrogen-bond acceptors (Lipinski definition) is 4. The van der Waals surface area contributed by atoms with E-state index in [0.717, 1.165) is 5.69 Å². The van der Waals surface area contributed by atoms with Crippen LogP contribution in [0, 0.1) is 0 Å². The Bertz CT molecular complexity index is 260. The van der Waals surface area contributed by atoms with E-state index in [1.807, 2.05) is 20.0 Å². The number of aromatic nitrogens is 3. The van der Waals surface area contributed by atoms with Crippen LogP contribution in [0.1, 0.15) is 19.5 Å². The van der Waals surface area contributed by atoms with Crippen LogP contribution < -0.4 is 0 Å². The summed E-state index contributed by atoms with van der Waals surface area (Å²) >= 11 is 0. The maximum atomic E-state index is 8.68. The number of aliphatic hydroxyl groups excluding tert-OH is 1. The molecular formula is C9H17N3O2. The quantitative estimate of drug-likeness (QED) is 0.713. The van der Waals surface area contributed by atoms with Crippen LogP contribution in [0.4, 0.5) is 0 Å². The van der Waals surface area contributed by atoms with Gasteiger partial charge in [0.05, 0.1) is 24.9 Å². The van der Waals surface area contributed by atoms with Gasteiger partial charge in [0, 0.05) is 19.2 Å². The van der Waals surface area contributed by atoms with Crippen molar-refractivity contribution >= 4 is 0 Å². The molecule has 1 heterocycles. The van der Waals surface area contributed by atoms with Crippen molar-refractivity contribution in [1.82, 2.24) is 15.0 Å². The summed E-state index contributed by atoms with van der Waals surface area (Å²) in [7, 11) is 0. The molecule has 0 saturated heterocycles. The van der Waals surface area contributed by atoms with Crippen LogP contribution in [0.15, 0.2) is 6.20 Å². The van der Waals surface area contributed by atoms with Gasteiger partial charge in [0.15, 0.2) is 0 Å². The van der Waals surface area contributed by atoms with Gasteiger partial charge >= 0.3 is 0 Å². The molecule has 0 saturated carbocycles. The molecule has 0 aromatic carbocycles. The summed E-state index contributed by atoms with van der Waals surface area (Å²) < 4.78 is 7.11. The molecule has 0 amide bonds. The van der Waals surface area contributed by atoms with Crippen molar-refractivity contribution in [3.05, 3.63) is 11.9 Å². The summed E-state index contributed by atoms with van der Waals surface area (Å²) in [5.74, 6) is 0. The average Bonchev–Trinajstić information content (AvgIpc) is 2.53. The Kier molecular flexibility index (Phi) is 4.55. The molecule has 1 N–H and O–H groups in total. The summed E-state index contributed by atoms with van der Waals surface area (Å²) in [6, 6.07) is 0. The van der Waals surface area contributed by atoms with Gasteiger partial charge in [-0.1, -0.05) is 5.21 Å². The van der Waals surface area contributed by atoms with E-state index >= 15 is 0 Å². The van der Waals surface area contributed by atoms with Gasteiger partial charge in [0.1, 0.15) is 0 Å². The molecule has 0 atom stereocenters. The van der Waals surface area contributed by atoms with Crippen LogP contribution in [-0.4, -0.2) is 39.4 Å². The van der Waals surface area contributed by atoms with Crippen molar-refractivity contribution in [2.75, 3.05) is 13.2 Å². The van der Waals surface area contributed by atoms with E-state index in [2.05, 4.69) is 10.3 Å². The lowest BCUT2D eigenvalue weighted by Gasteiger charge is -2.06. The third kappa shape index (κ3) is 3.85. The highest BCUT2D eigenvalue weighted by molar-refractivity contribution is 4.91. The lowest BCUT2D eigenvalue weighted by Crippen LogP contribution is -2.10. The molecule has 0 aliphatic rings. The van der Waals surface area contributed by atoms with Gasteiger partial charge in [-0.2, -0.15) is 0 Å². The molecule has 80 valence electrons. The zero-order chi connectivity index (χ0) is 10.4. The Morgan fingerprint density at radius 3 is 3.00 bits per heavy atom. The molecule has 0 bridgehead atoms. The number of rotatable bonds is 6. The molecule has 5 heteroatoms. The van der Waals surface area contributed by atoms with E-state index in [4.69, 9.17) is 9.84 Å². The first kappa shape index (κ1) is 11.1. The predicted octanol–water partition coefficient (Wildman–Crippen LogP) is 0.238. The maximum absolute atomic E-state index is 8.68. The summed E-state index contributed by atoms with van der Waals surface area (Å²) in [5, 5.41) is 16.5. The van der Waals surface area contributed by atoms with Crippen LogP contribution in [-0.2, 0) is 17.7 Å². The minimum Gasteiger partial charge on any atom is -0.396 e. The summed E-state index contributed by atoms with van der Waals surface area (Å²) in [5.41, 5.74) is 0.817. The third-order valence-corrected chi connectivity index (χ3v) is 1.73. The monoisotopic (exact) mass is 199 g/mol. The average molecular weight is 199 g/mol. The van der Waals surface area contributed by atoms with Crippen LogP contribution in [0.5, 0.6) is 0 Å². The molecule has 1 aromatic rings. The second-order valence-corrected chi connectivity index (χ2v) is 3.37. The van der Waals surface area contributed by atoms with Crippen molar-refractivity contribution in [2.24, 2.45) is 0 Å². The lowest BCUT2D eigenvalue weighted by molar-refractivity contribution is 0.0707. The van der Waals surface area contributed by atoms with Gasteiger partial charge in [-0.25, -0.2) is 4.68 Å². The van der Waals surface area contributed by atoms with Gasteiger partial charge in [0.2, 0.25) is 0 Å². The van der Waals surface area contributed by atoms with Crippen LogP contribution >= 0.6 is 0 Å². The first-order chi connectivity index (χ1) is 6.72. The van der Waals surface area contributed by atoms with Crippen molar-refractivity contribution in [3.63, 3.8) is 0 Å². The highest BCUT2D eigenvalue weighted by Crippen LogP contribution is 1.95. The Morgan fingerprint density at radius 1 is 1.57 bits per heavy atom. The highest BCUT2D eigenvalue weighted by Gasteiger charge is 2.00. The standard InChI is InChI=1S/C9H17N3O2/c1-8(2)14-6-4-12-7-9(3-5-13)10-11-12/h7-8,13H,3-6H2,1-2H3. The van der Waals surface area contributed by atoms with E-state index in [1.165, 1.54) is 0 Å². The first-order valence-corrected chi connectivity index (χ1v) is 4.84. The van der Waals surface area contributed by atoms with Crippen LogP contribution in [0.3, 0.4) is 0 Å². The van der Waals surface area contributed by atoms with E-state index in [-0.39, 0.29) is 12.7 Å². The zero-order valence-corrected chi connectivity index (χ0v) is 8.68. The smallest absolute Gasteiger partial charge is 0.0849 e. The molecule has 0 spiro atoms. The van der Waals surface area contributed by atoms with Gasteiger partial charge in [-0.15, -0.1) is 5.10 Å². The molecule has 0 aliphatic carbocycles. The van der Waals surface area contributed by atoms with Gasteiger partial charge in [-0.05, 0) is 13.8 Å². The minimum absolute atomic E-state index is 0.112. The Morgan fingerprint density at radius 2 is 2.36 bits per heavy atom. The van der Waals surface area contributed by atoms with Crippen LogP contribution in [0.2, 0.25) is 0 Å². The summed E-state index contributed by atoms with van der Waals surface area (Å²) in [6.07, 6.45) is 2.64. The molecule has 14 heavy (non-hydrogen) atoms. The van der Waals surface area contributed by atoms with Crippen molar-refractivity contribution < 1.29 is 9.84 Å². The third-order valence-electron chi connectivity index (χ3n) is 1.73. The number of nitrogens with zero attached hydrogens (tertiary/aromatic N) is 3. The summed E-state index contributed by atoms with van der Waals surface area (Å²) in [4.78, 5) is 0. The fourth-order valence-electron chi connectivity index (χ4n) is 1.06. The second kappa shape index (κ2) is 5.72. The SMILES string of the molecule is CC(C)OCCn1cc(CCO)nn1. The second-order valence-electron chi connectivity index (χ2n) is 3.37. The molecular weight excluding hydrogens is 182 g/mol. The van der Waals surface area contributed by atoms with E-state index < -0.39 is 0 Å². The van der Waals surface area contributed by atoms with E-state index in [1.54, 1.807) is 4.68 Å². The van der Waals surface area contributed by atoms with E-state index in [9.17, 15) is 0 Å². The predicted molar refractivity (Wildman–Crippen MR) is 51.9 cm³/mol. The highest BCUT2D eigenvalue weighted by atomic mass is 16.5. The Hall–Kier alpha value is -0.940. The largest absolute Gasteiger partial charge is 0.396 e. The topological polar surface area (TPSA) is 60.2 Å². The molecule has 5 nitrogen and oxygen atoms in total. The molecule has 0 unspecified atom stereocenters.